The number of aryl methyl sites for hydroxylation is 2. The summed E-state index contributed by atoms with van der Waals surface area (Å²) in [6.45, 7) is 3.90. The van der Waals surface area contributed by atoms with Gasteiger partial charge in [0.15, 0.2) is 11.3 Å². The van der Waals surface area contributed by atoms with E-state index in [1.807, 2.05) is 44.2 Å². The summed E-state index contributed by atoms with van der Waals surface area (Å²) in [5, 5.41) is 13.2. The standard InChI is InChI=1S/C15H13N3O2/c1-9-3-5-11(6-4-9)13-7-10(2)16-14-8-12(15(19)20)17-18(13)14/h3-8H,1-2H3,(H,19,20). The molecule has 0 radical (unpaired) electrons. The first kappa shape index (κ1) is 12.3. The molecule has 3 aromatic rings. The van der Waals surface area contributed by atoms with E-state index in [1.54, 1.807) is 4.52 Å². The Bertz CT molecular complexity index is 804. The summed E-state index contributed by atoms with van der Waals surface area (Å²) in [5.74, 6) is -1.05. The van der Waals surface area contributed by atoms with Crippen LogP contribution in [0.5, 0.6) is 0 Å². The van der Waals surface area contributed by atoms with Crippen LogP contribution in [0.2, 0.25) is 0 Å². The molecule has 0 saturated heterocycles. The number of carbonyl (C=O) groups is 1. The van der Waals surface area contributed by atoms with Crippen LogP contribution in [0.3, 0.4) is 0 Å². The van der Waals surface area contributed by atoms with E-state index in [4.69, 9.17) is 5.11 Å². The lowest BCUT2D eigenvalue weighted by atomic mass is 10.1. The Kier molecular flexibility index (Phi) is 2.75. The molecule has 2 aromatic heterocycles. The van der Waals surface area contributed by atoms with E-state index >= 15 is 0 Å². The van der Waals surface area contributed by atoms with E-state index in [9.17, 15) is 4.79 Å². The number of benzene rings is 1. The lowest BCUT2D eigenvalue weighted by Crippen LogP contribution is -2.00. The number of fused-ring (bicyclic) bond motifs is 1. The van der Waals surface area contributed by atoms with Gasteiger partial charge in [0.2, 0.25) is 0 Å². The maximum atomic E-state index is 11.0. The minimum Gasteiger partial charge on any atom is -0.476 e. The van der Waals surface area contributed by atoms with Crippen LogP contribution in [0.15, 0.2) is 36.4 Å². The average molecular weight is 267 g/mol. The quantitative estimate of drug-likeness (QED) is 0.775. The summed E-state index contributed by atoms with van der Waals surface area (Å²) < 4.78 is 1.57. The fourth-order valence-corrected chi connectivity index (χ4v) is 2.13. The number of nitrogens with zero attached hydrogens (tertiary/aromatic N) is 3. The lowest BCUT2D eigenvalue weighted by Gasteiger charge is -2.06. The van der Waals surface area contributed by atoms with Crippen LogP contribution in [-0.4, -0.2) is 25.7 Å². The summed E-state index contributed by atoms with van der Waals surface area (Å²) >= 11 is 0. The van der Waals surface area contributed by atoms with Crippen LogP contribution in [0.25, 0.3) is 16.9 Å². The van der Waals surface area contributed by atoms with Crippen molar-refractivity contribution in [1.29, 1.82) is 0 Å². The number of rotatable bonds is 2. The smallest absolute Gasteiger partial charge is 0.356 e. The molecule has 0 aliphatic heterocycles. The summed E-state index contributed by atoms with van der Waals surface area (Å²) in [6, 6.07) is 11.4. The Morgan fingerprint density at radius 2 is 1.85 bits per heavy atom. The molecule has 0 amide bonds. The van der Waals surface area contributed by atoms with Gasteiger partial charge in [-0.3, -0.25) is 0 Å². The van der Waals surface area contributed by atoms with Crippen molar-refractivity contribution in [3.05, 3.63) is 53.3 Å². The molecule has 5 heteroatoms. The third-order valence-corrected chi connectivity index (χ3v) is 3.12. The SMILES string of the molecule is Cc1ccc(-c2cc(C)nc3cc(C(=O)O)nn23)cc1. The van der Waals surface area contributed by atoms with E-state index in [-0.39, 0.29) is 5.69 Å². The van der Waals surface area contributed by atoms with E-state index < -0.39 is 5.97 Å². The molecule has 1 aromatic carbocycles. The highest BCUT2D eigenvalue weighted by Gasteiger charge is 2.13. The van der Waals surface area contributed by atoms with Gasteiger partial charge in [0.25, 0.3) is 0 Å². The van der Waals surface area contributed by atoms with Crippen LogP contribution >= 0.6 is 0 Å². The molecule has 2 heterocycles. The number of aromatic nitrogens is 3. The number of carboxylic acids is 1. The van der Waals surface area contributed by atoms with Gasteiger partial charge < -0.3 is 5.11 Å². The normalized spacial score (nSPS) is 10.9. The van der Waals surface area contributed by atoms with Gasteiger partial charge in [0.05, 0.1) is 5.69 Å². The van der Waals surface area contributed by atoms with Gasteiger partial charge in [0, 0.05) is 17.3 Å². The maximum Gasteiger partial charge on any atom is 0.356 e. The molecule has 0 aliphatic carbocycles. The Balaban J connectivity index is 2.28. The van der Waals surface area contributed by atoms with Crippen molar-refractivity contribution in [3.63, 3.8) is 0 Å². The van der Waals surface area contributed by atoms with Crippen LogP contribution in [0.1, 0.15) is 21.7 Å². The predicted octanol–water partition coefficient (Wildman–Crippen LogP) is 2.71. The van der Waals surface area contributed by atoms with E-state index in [2.05, 4.69) is 10.1 Å². The fourth-order valence-electron chi connectivity index (χ4n) is 2.13. The number of hydrogen-bond donors (Lipinski definition) is 1. The molecule has 0 bridgehead atoms. The molecule has 0 saturated carbocycles. The second kappa shape index (κ2) is 4.45. The topological polar surface area (TPSA) is 67.5 Å². The molecular formula is C15H13N3O2. The fraction of sp³-hybridized carbons (Fsp3) is 0.133. The van der Waals surface area contributed by atoms with E-state index in [0.717, 1.165) is 17.0 Å². The third kappa shape index (κ3) is 2.03. The van der Waals surface area contributed by atoms with Gasteiger partial charge in [-0.1, -0.05) is 29.8 Å². The summed E-state index contributed by atoms with van der Waals surface area (Å²) in [6.07, 6.45) is 0. The van der Waals surface area contributed by atoms with E-state index in [0.29, 0.717) is 5.65 Å². The highest BCUT2D eigenvalue weighted by molar-refractivity contribution is 5.87. The van der Waals surface area contributed by atoms with Gasteiger partial charge in [-0.05, 0) is 19.9 Å². The summed E-state index contributed by atoms with van der Waals surface area (Å²) in [4.78, 5) is 15.4. The number of aromatic carboxylic acids is 1. The molecule has 0 spiro atoms. The first-order valence-corrected chi connectivity index (χ1v) is 6.22. The molecule has 0 fully saturated rings. The predicted molar refractivity (Wildman–Crippen MR) is 74.9 cm³/mol. The van der Waals surface area contributed by atoms with Gasteiger partial charge >= 0.3 is 5.97 Å². The molecule has 0 aliphatic rings. The third-order valence-electron chi connectivity index (χ3n) is 3.12. The molecule has 20 heavy (non-hydrogen) atoms. The Morgan fingerprint density at radius 3 is 2.50 bits per heavy atom. The van der Waals surface area contributed by atoms with Crippen LogP contribution < -0.4 is 0 Å². The van der Waals surface area contributed by atoms with Crippen LogP contribution in [0, 0.1) is 13.8 Å². The molecular weight excluding hydrogens is 254 g/mol. The molecule has 1 N–H and O–H groups in total. The number of hydrogen-bond acceptors (Lipinski definition) is 3. The van der Waals surface area contributed by atoms with Gasteiger partial charge in [-0.2, -0.15) is 5.10 Å². The minimum atomic E-state index is -1.05. The first-order chi connectivity index (χ1) is 9.54. The molecule has 100 valence electrons. The van der Waals surface area contributed by atoms with Crippen LogP contribution in [0.4, 0.5) is 0 Å². The average Bonchev–Trinajstić information content (AvgIpc) is 2.82. The highest BCUT2D eigenvalue weighted by Crippen LogP contribution is 2.22. The first-order valence-electron chi connectivity index (χ1n) is 6.22. The largest absolute Gasteiger partial charge is 0.476 e. The minimum absolute atomic E-state index is 0.00328. The Morgan fingerprint density at radius 1 is 1.15 bits per heavy atom. The van der Waals surface area contributed by atoms with Crippen molar-refractivity contribution in [2.45, 2.75) is 13.8 Å². The van der Waals surface area contributed by atoms with Gasteiger partial charge in [0.1, 0.15) is 0 Å². The molecule has 3 rings (SSSR count). The zero-order valence-electron chi connectivity index (χ0n) is 11.2. The Hall–Kier alpha value is -2.69. The van der Waals surface area contributed by atoms with Crippen molar-refractivity contribution in [3.8, 4) is 11.3 Å². The van der Waals surface area contributed by atoms with Crippen molar-refractivity contribution in [1.82, 2.24) is 14.6 Å². The van der Waals surface area contributed by atoms with Crippen molar-refractivity contribution in [2.24, 2.45) is 0 Å². The van der Waals surface area contributed by atoms with Crippen molar-refractivity contribution < 1.29 is 9.90 Å². The zero-order valence-corrected chi connectivity index (χ0v) is 11.2. The monoisotopic (exact) mass is 267 g/mol. The van der Waals surface area contributed by atoms with Gasteiger partial charge in [-0.25, -0.2) is 14.3 Å². The Labute approximate surface area is 115 Å². The highest BCUT2D eigenvalue weighted by atomic mass is 16.4. The van der Waals surface area contributed by atoms with Crippen molar-refractivity contribution in [2.75, 3.05) is 0 Å². The second-order valence-electron chi connectivity index (χ2n) is 4.75. The zero-order chi connectivity index (χ0) is 14.3. The van der Waals surface area contributed by atoms with Gasteiger partial charge in [-0.15, -0.1) is 0 Å². The van der Waals surface area contributed by atoms with E-state index in [1.165, 1.54) is 11.6 Å². The molecule has 0 unspecified atom stereocenters. The number of carboxylic acid groups (broad SMARTS) is 1. The van der Waals surface area contributed by atoms with Crippen molar-refractivity contribution >= 4 is 11.6 Å². The summed E-state index contributed by atoms with van der Waals surface area (Å²) in [5.41, 5.74) is 4.34. The van der Waals surface area contributed by atoms with Crippen LogP contribution in [-0.2, 0) is 0 Å². The maximum absolute atomic E-state index is 11.0. The molecule has 0 atom stereocenters. The second-order valence-corrected chi connectivity index (χ2v) is 4.75. The molecule has 5 nitrogen and oxygen atoms in total. The lowest BCUT2D eigenvalue weighted by molar-refractivity contribution is 0.0690. The summed E-state index contributed by atoms with van der Waals surface area (Å²) in [7, 11) is 0.